The van der Waals surface area contributed by atoms with Gasteiger partial charge in [-0.25, -0.2) is 0 Å². The summed E-state index contributed by atoms with van der Waals surface area (Å²) in [7, 11) is 1.68. The summed E-state index contributed by atoms with van der Waals surface area (Å²) in [6, 6.07) is 0. The van der Waals surface area contributed by atoms with Gasteiger partial charge in [-0.3, -0.25) is 9.69 Å². The second kappa shape index (κ2) is 4.94. The molecule has 1 fully saturated rings. The van der Waals surface area contributed by atoms with Crippen molar-refractivity contribution in [1.29, 1.82) is 0 Å². The second-order valence-corrected chi connectivity index (χ2v) is 5.00. The summed E-state index contributed by atoms with van der Waals surface area (Å²) in [6.45, 7) is 9.43. The van der Waals surface area contributed by atoms with Crippen LogP contribution in [0.25, 0.3) is 0 Å². The van der Waals surface area contributed by atoms with Gasteiger partial charge in [0.05, 0.1) is 19.1 Å². The highest BCUT2D eigenvalue weighted by Crippen LogP contribution is 2.17. The van der Waals surface area contributed by atoms with Gasteiger partial charge in [0.25, 0.3) is 0 Å². The van der Waals surface area contributed by atoms with Crippen molar-refractivity contribution in [3.05, 3.63) is 0 Å². The van der Waals surface area contributed by atoms with Crippen LogP contribution < -0.4 is 5.32 Å². The minimum Gasteiger partial charge on any atom is -0.379 e. The number of nitrogens with zero attached hydrogens (tertiary/aromatic N) is 1. The lowest BCUT2D eigenvalue weighted by Gasteiger charge is -2.35. The van der Waals surface area contributed by atoms with E-state index in [1.165, 1.54) is 0 Å². The lowest BCUT2D eigenvalue weighted by molar-refractivity contribution is -0.126. The van der Waals surface area contributed by atoms with E-state index in [4.69, 9.17) is 4.74 Å². The van der Waals surface area contributed by atoms with E-state index in [-0.39, 0.29) is 17.4 Å². The first-order valence-corrected chi connectivity index (χ1v) is 5.49. The molecule has 4 heteroatoms. The van der Waals surface area contributed by atoms with Crippen molar-refractivity contribution in [2.45, 2.75) is 26.3 Å². The first-order chi connectivity index (χ1) is 6.95. The number of carbonyl (C=O) groups excluding carboxylic acids is 1. The standard InChI is InChI=1S/C11H22N2O2/c1-11(2,3)13-5-6-15-8-9(7-13)10(14)12-4/h9H,5-8H2,1-4H3,(H,12,14)/t9-/m0/s1. The highest BCUT2D eigenvalue weighted by atomic mass is 16.5. The van der Waals surface area contributed by atoms with Crippen LogP contribution in [0.1, 0.15) is 20.8 Å². The molecule has 0 spiro atoms. The minimum absolute atomic E-state index is 0.0447. The molecule has 1 aliphatic rings. The van der Waals surface area contributed by atoms with Gasteiger partial charge in [-0.1, -0.05) is 0 Å². The van der Waals surface area contributed by atoms with Crippen molar-refractivity contribution in [2.75, 3.05) is 33.4 Å². The molecule has 1 aliphatic heterocycles. The van der Waals surface area contributed by atoms with Crippen LogP contribution in [0.4, 0.5) is 0 Å². The molecular weight excluding hydrogens is 192 g/mol. The van der Waals surface area contributed by atoms with E-state index in [2.05, 4.69) is 31.0 Å². The molecule has 1 rings (SSSR count). The van der Waals surface area contributed by atoms with Gasteiger partial charge in [0.15, 0.2) is 0 Å². The maximum Gasteiger partial charge on any atom is 0.226 e. The first kappa shape index (κ1) is 12.5. The normalized spacial score (nSPS) is 24.7. The van der Waals surface area contributed by atoms with Gasteiger partial charge < -0.3 is 10.1 Å². The summed E-state index contributed by atoms with van der Waals surface area (Å²) in [4.78, 5) is 13.9. The molecule has 0 saturated carbocycles. The lowest BCUT2D eigenvalue weighted by Crippen LogP contribution is -2.47. The number of rotatable bonds is 1. The van der Waals surface area contributed by atoms with Crippen LogP contribution in [0, 0.1) is 5.92 Å². The Morgan fingerprint density at radius 1 is 1.47 bits per heavy atom. The summed E-state index contributed by atoms with van der Waals surface area (Å²) in [5.74, 6) is 0.0304. The number of hydrogen-bond acceptors (Lipinski definition) is 3. The Labute approximate surface area is 92.0 Å². The van der Waals surface area contributed by atoms with Crippen LogP contribution in [0.5, 0.6) is 0 Å². The number of carbonyl (C=O) groups is 1. The van der Waals surface area contributed by atoms with E-state index in [1.807, 2.05) is 0 Å². The predicted octanol–water partition coefficient (Wildman–Crippen LogP) is 0.479. The van der Waals surface area contributed by atoms with Gasteiger partial charge in [0.1, 0.15) is 0 Å². The summed E-state index contributed by atoms with van der Waals surface area (Å²) < 4.78 is 5.45. The molecular formula is C11H22N2O2. The zero-order valence-electron chi connectivity index (χ0n) is 10.2. The first-order valence-electron chi connectivity index (χ1n) is 5.49. The largest absolute Gasteiger partial charge is 0.379 e. The van der Waals surface area contributed by atoms with E-state index in [0.29, 0.717) is 13.2 Å². The quantitative estimate of drug-likeness (QED) is 0.690. The molecule has 88 valence electrons. The summed E-state index contributed by atoms with van der Waals surface area (Å²) in [6.07, 6.45) is 0. The zero-order valence-corrected chi connectivity index (χ0v) is 10.2. The van der Waals surface area contributed by atoms with Crippen molar-refractivity contribution in [1.82, 2.24) is 10.2 Å². The third-order valence-electron chi connectivity index (χ3n) is 2.83. The minimum atomic E-state index is -0.0447. The van der Waals surface area contributed by atoms with E-state index in [9.17, 15) is 4.79 Å². The van der Waals surface area contributed by atoms with Crippen molar-refractivity contribution in [3.8, 4) is 0 Å². The number of ether oxygens (including phenoxy) is 1. The summed E-state index contributed by atoms with van der Waals surface area (Å²) in [5, 5.41) is 2.69. The van der Waals surface area contributed by atoms with E-state index < -0.39 is 0 Å². The fraction of sp³-hybridized carbons (Fsp3) is 0.909. The lowest BCUT2D eigenvalue weighted by atomic mass is 10.0. The molecule has 4 nitrogen and oxygen atoms in total. The molecule has 0 aromatic rings. The third kappa shape index (κ3) is 3.47. The smallest absolute Gasteiger partial charge is 0.226 e. The summed E-state index contributed by atoms with van der Waals surface area (Å²) >= 11 is 0. The molecule has 1 amide bonds. The van der Waals surface area contributed by atoms with Gasteiger partial charge in [-0.2, -0.15) is 0 Å². The highest BCUT2D eigenvalue weighted by molar-refractivity contribution is 5.78. The molecule has 0 aliphatic carbocycles. The van der Waals surface area contributed by atoms with Gasteiger partial charge in [0, 0.05) is 25.7 Å². The maximum absolute atomic E-state index is 11.6. The van der Waals surface area contributed by atoms with Crippen LogP contribution in [-0.2, 0) is 9.53 Å². The molecule has 1 atom stereocenters. The van der Waals surface area contributed by atoms with Crippen LogP contribution in [0.15, 0.2) is 0 Å². The van der Waals surface area contributed by atoms with E-state index >= 15 is 0 Å². The molecule has 1 saturated heterocycles. The van der Waals surface area contributed by atoms with Gasteiger partial charge in [-0.15, -0.1) is 0 Å². The monoisotopic (exact) mass is 214 g/mol. The Bertz CT molecular complexity index is 223. The number of amides is 1. The average Bonchev–Trinajstić information content (AvgIpc) is 2.40. The molecule has 0 aromatic carbocycles. The van der Waals surface area contributed by atoms with E-state index in [0.717, 1.165) is 13.1 Å². The van der Waals surface area contributed by atoms with Crippen molar-refractivity contribution >= 4 is 5.91 Å². The third-order valence-corrected chi connectivity index (χ3v) is 2.83. The van der Waals surface area contributed by atoms with Crippen LogP contribution >= 0.6 is 0 Å². The maximum atomic E-state index is 11.6. The van der Waals surface area contributed by atoms with Crippen molar-refractivity contribution in [2.24, 2.45) is 5.92 Å². The van der Waals surface area contributed by atoms with Gasteiger partial charge in [-0.05, 0) is 20.8 Å². The fourth-order valence-electron chi connectivity index (χ4n) is 1.78. The predicted molar refractivity (Wildman–Crippen MR) is 59.7 cm³/mol. The second-order valence-electron chi connectivity index (χ2n) is 5.00. The Morgan fingerprint density at radius 2 is 2.13 bits per heavy atom. The van der Waals surface area contributed by atoms with Gasteiger partial charge in [0.2, 0.25) is 5.91 Å². The van der Waals surface area contributed by atoms with Crippen LogP contribution in [-0.4, -0.2) is 49.7 Å². The molecule has 0 unspecified atom stereocenters. The Kier molecular flexibility index (Phi) is 4.11. The Hall–Kier alpha value is -0.610. The van der Waals surface area contributed by atoms with Gasteiger partial charge >= 0.3 is 0 Å². The fourth-order valence-corrected chi connectivity index (χ4v) is 1.78. The molecule has 0 radical (unpaired) electrons. The summed E-state index contributed by atoms with van der Waals surface area (Å²) in [5.41, 5.74) is 0.0972. The van der Waals surface area contributed by atoms with Crippen LogP contribution in [0.3, 0.4) is 0 Å². The zero-order chi connectivity index (χ0) is 11.5. The van der Waals surface area contributed by atoms with Crippen LogP contribution in [0.2, 0.25) is 0 Å². The molecule has 1 N–H and O–H groups in total. The Morgan fingerprint density at radius 3 is 2.67 bits per heavy atom. The van der Waals surface area contributed by atoms with Crippen molar-refractivity contribution in [3.63, 3.8) is 0 Å². The average molecular weight is 214 g/mol. The van der Waals surface area contributed by atoms with Crippen molar-refractivity contribution < 1.29 is 9.53 Å². The molecule has 15 heavy (non-hydrogen) atoms. The molecule has 1 heterocycles. The topological polar surface area (TPSA) is 41.6 Å². The number of nitrogens with one attached hydrogen (secondary N) is 1. The molecule has 0 aromatic heterocycles. The number of hydrogen-bond donors (Lipinski definition) is 1. The Balaban J connectivity index is 2.65. The highest BCUT2D eigenvalue weighted by Gasteiger charge is 2.29. The SMILES string of the molecule is CNC(=O)[C@@H]1COCCN(C(C)(C)C)C1. The molecule has 0 bridgehead atoms. The van der Waals surface area contributed by atoms with E-state index in [1.54, 1.807) is 7.05 Å².